The van der Waals surface area contributed by atoms with Crippen LogP contribution in [0.2, 0.25) is 0 Å². The minimum Gasteiger partial charge on any atom is -0.463 e. The van der Waals surface area contributed by atoms with Crippen molar-refractivity contribution in [2.75, 3.05) is 31.4 Å². The van der Waals surface area contributed by atoms with Crippen molar-refractivity contribution in [3.05, 3.63) is 41.1 Å². The highest BCUT2D eigenvalue weighted by Crippen LogP contribution is 2.33. The lowest BCUT2D eigenvalue weighted by molar-refractivity contribution is -0.138. The van der Waals surface area contributed by atoms with E-state index in [0.717, 1.165) is 34.3 Å². The molecule has 6 heteroatoms. The molecule has 5 nitrogen and oxygen atoms in total. The summed E-state index contributed by atoms with van der Waals surface area (Å²) in [5.41, 5.74) is 3.50. The second-order valence-corrected chi connectivity index (χ2v) is 7.14. The van der Waals surface area contributed by atoms with E-state index in [1.54, 1.807) is 11.8 Å². The fourth-order valence-corrected chi connectivity index (χ4v) is 3.39. The Kier molecular flexibility index (Phi) is 6.93. The molecule has 1 atom stereocenters. The van der Waals surface area contributed by atoms with Crippen LogP contribution in [0, 0.1) is 0 Å². The van der Waals surface area contributed by atoms with Gasteiger partial charge in [-0.3, -0.25) is 0 Å². The Morgan fingerprint density at radius 2 is 1.96 bits per heavy atom. The number of aliphatic imine (C=N–C) groups is 1. The van der Waals surface area contributed by atoms with Gasteiger partial charge in [-0.1, -0.05) is 30.8 Å². The van der Waals surface area contributed by atoms with Crippen LogP contribution in [0.1, 0.15) is 38.8 Å². The summed E-state index contributed by atoms with van der Waals surface area (Å²) in [4.78, 5) is 19.3. The minimum atomic E-state index is -0.337. The molecule has 0 spiro atoms. The van der Waals surface area contributed by atoms with Gasteiger partial charge in [0.25, 0.3) is 0 Å². The third kappa shape index (κ3) is 4.78. The molecule has 0 aliphatic carbocycles. The van der Waals surface area contributed by atoms with Gasteiger partial charge in [-0.25, -0.2) is 9.79 Å². The van der Waals surface area contributed by atoms with Crippen molar-refractivity contribution in [2.45, 2.75) is 33.2 Å². The molecule has 0 unspecified atom stereocenters. The quantitative estimate of drug-likeness (QED) is 0.783. The smallest absolute Gasteiger partial charge is 0.338 e. The number of carbonyl (C=O) groups excluding carboxylic acids is 1. The van der Waals surface area contributed by atoms with Crippen molar-refractivity contribution in [3.8, 4) is 0 Å². The number of anilines is 1. The van der Waals surface area contributed by atoms with E-state index in [9.17, 15) is 4.79 Å². The van der Waals surface area contributed by atoms with Crippen molar-refractivity contribution in [2.24, 2.45) is 4.99 Å². The zero-order chi connectivity index (χ0) is 18.4. The molecular weight excluding hydrogens is 334 g/mol. The molecule has 0 saturated heterocycles. The number of hydrogen-bond acceptors (Lipinski definition) is 6. The molecule has 1 aromatic carbocycles. The largest absolute Gasteiger partial charge is 0.463 e. The molecule has 25 heavy (non-hydrogen) atoms. The van der Waals surface area contributed by atoms with E-state index in [2.05, 4.69) is 12.2 Å². The van der Waals surface area contributed by atoms with Crippen molar-refractivity contribution in [1.82, 2.24) is 5.32 Å². The summed E-state index contributed by atoms with van der Waals surface area (Å²) >= 11 is 1.68. The molecule has 1 N–H and O–H groups in total. The number of nitrogens with one attached hydrogen (secondary N) is 1. The molecule has 2 rings (SSSR count). The summed E-state index contributed by atoms with van der Waals surface area (Å²) in [5.74, 6) is 0.678. The van der Waals surface area contributed by atoms with Crippen LogP contribution >= 0.6 is 11.8 Å². The number of benzene rings is 1. The topological polar surface area (TPSA) is 53.9 Å². The molecule has 1 aliphatic rings. The number of carbonyl (C=O) groups is 1. The first-order valence-electron chi connectivity index (χ1n) is 8.60. The molecule has 0 bridgehead atoms. The maximum atomic E-state index is 12.5. The van der Waals surface area contributed by atoms with Crippen molar-refractivity contribution < 1.29 is 9.53 Å². The lowest BCUT2D eigenvalue weighted by atomic mass is 9.96. The maximum Gasteiger partial charge on any atom is 0.338 e. The summed E-state index contributed by atoms with van der Waals surface area (Å²) in [6, 6.07) is 7.82. The van der Waals surface area contributed by atoms with Gasteiger partial charge < -0.3 is 15.0 Å². The Morgan fingerprint density at radius 1 is 1.28 bits per heavy atom. The van der Waals surface area contributed by atoms with Crippen molar-refractivity contribution in [1.29, 1.82) is 0 Å². The standard InChI is InChI=1S/C19H27N3O2S/c1-6-12-25-19-20-13(3)16(18(23)24-7-2)17(21-19)14-8-10-15(11-9-14)22(4)5/h8-11,17H,6-7,12H2,1-5H3,(H,20,21)/t17-/m1/s1. The minimum absolute atomic E-state index is 0.308. The van der Waals surface area contributed by atoms with Gasteiger partial charge in [0.2, 0.25) is 0 Å². The van der Waals surface area contributed by atoms with Gasteiger partial charge in [0, 0.05) is 31.2 Å². The van der Waals surface area contributed by atoms with Gasteiger partial charge in [-0.05, 0) is 38.0 Å². The zero-order valence-corrected chi connectivity index (χ0v) is 16.4. The second kappa shape index (κ2) is 8.94. The fraction of sp³-hybridized carbons (Fsp3) is 0.474. The van der Waals surface area contributed by atoms with Crippen LogP contribution in [-0.4, -0.2) is 37.6 Å². The van der Waals surface area contributed by atoms with Gasteiger partial charge in [-0.15, -0.1) is 0 Å². The molecule has 1 aliphatic heterocycles. The van der Waals surface area contributed by atoms with E-state index >= 15 is 0 Å². The van der Waals surface area contributed by atoms with E-state index in [1.165, 1.54) is 0 Å². The lowest BCUT2D eigenvalue weighted by Gasteiger charge is -2.26. The van der Waals surface area contributed by atoms with E-state index in [-0.39, 0.29) is 12.0 Å². The number of hydrogen-bond donors (Lipinski definition) is 1. The third-order valence-corrected chi connectivity index (χ3v) is 4.97. The predicted molar refractivity (Wildman–Crippen MR) is 106 cm³/mol. The van der Waals surface area contributed by atoms with Crippen LogP contribution in [0.25, 0.3) is 0 Å². The SMILES string of the molecule is CCCSC1=N[C@H](c2ccc(N(C)C)cc2)C(C(=O)OCC)=C(C)N1. The van der Waals surface area contributed by atoms with Gasteiger partial charge in [-0.2, -0.15) is 0 Å². The van der Waals surface area contributed by atoms with Crippen LogP contribution < -0.4 is 10.2 Å². The number of ether oxygens (including phenoxy) is 1. The first-order valence-corrected chi connectivity index (χ1v) is 9.59. The monoisotopic (exact) mass is 361 g/mol. The first kappa shape index (κ1) is 19.4. The summed E-state index contributed by atoms with van der Waals surface area (Å²) < 4.78 is 5.26. The van der Waals surface area contributed by atoms with Gasteiger partial charge in [0.15, 0.2) is 5.17 Å². The average Bonchev–Trinajstić information content (AvgIpc) is 2.59. The average molecular weight is 362 g/mol. The molecule has 0 amide bonds. The Hall–Kier alpha value is -1.95. The van der Waals surface area contributed by atoms with Crippen LogP contribution in [0.15, 0.2) is 40.5 Å². The number of nitrogens with zero attached hydrogens (tertiary/aromatic N) is 2. The summed E-state index contributed by atoms with van der Waals surface area (Å²) in [7, 11) is 4.01. The Bertz CT molecular complexity index is 666. The Morgan fingerprint density at radius 3 is 2.52 bits per heavy atom. The Labute approximate surface area is 154 Å². The summed E-state index contributed by atoms with van der Waals surface area (Å²) in [6.07, 6.45) is 1.07. The van der Waals surface area contributed by atoms with Crippen LogP contribution in [0.4, 0.5) is 5.69 Å². The molecule has 1 aromatic rings. The number of rotatable bonds is 6. The van der Waals surface area contributed by atoms with Gasteiger partial charge in [0.1, 0.15) is 6.04 Å². The van der Waals surface area contributed by atoms with E-state index in [1.807, 2.05) is 57.1 Å². The normalized spacial score (nSPS) is 17.0. The molecule has 1 heterocycles. The highest BCUT2D eigenvalue weighted by atomic mass is 32.2. The molecule has 0 saturated carbocycles. The van der Waals surface area contributed by atoms with Crippen LogP contribution in [-0.2, 0) is 9.53 Å². The maximum absolute atomic E-state index is 12.5. The molecule has 0 aromatic heterocycles. The predicted octanol–water partition coefficient (Wildman–Crippen LogP) is 3.73. The van der Waals surface area contributed by atoms with E-state index in [4.69, 9.17) is 9.73 Å². The van der Waals surface area contributed by atoms with Gasteiger partial charge >= 0.3 is 5.97 Å². The molecule has 0 radical (unpaired) electrons. The number of amidine groups is 1. The highest BCUT2D eigenvalue weighted by Gasteiger charge is 2.30. The van der Waals surface area contributed by atoms with Crippen LogP contribution in [0.5, 0.6) is 0 Å². The first-order chi connectivity index (χ1) is 12.0. The fourth-order valence-electron chi connectivity index (χ4n) is 2.59. The zero-order valence-electron chi connectivity index (χ0n) is 15.6. The number of esters is 1. The van der Waals surface area contributed by atoms with Crippen molar-refractivity contribution >= 4 is 28.6 Å². The third-order valence-electron chi connectivity index (χ3n) is 3.88. The Balaban J connectivity index is 2.39. The highest BCUT2D eigenvalue weighted by molar-refractivity contribution is 8.13. The molecular formula is C19H27N3O2S. The van der Waals surface area contributed by atoms with Crippen LogP contribution in [0.3, 0.4) is 0 Å². The lowest BCUT2D eigenvalue weighted by Crippen LogP contribution is -2.30. The summed E-state index contributed by atoms with van der Waals surface area (Å²) in [5, 5.41) is 4.11. The number of allylic oxidation sites excluding steroid dienone is 1. The molecule has 136 valence electrons. The van der Waals surface area contributed by atoms with Gasteiger partial charge in [0.05, 0.1) is 12.2 Å². The summed E-state index contributed by atoms with van der Waals surface area (Å²) in [6.45, 7) is 6.22. The second-order valence-electron chi connectivity index (χ2n) is 6.06. The number of thioether (sulfide) groups is 1. The van der Waals surface area contributed by atoms with Crippen molar-refractivity contribution in [3.63, 3.8) is 0 Å². The molecule has 0 fully saturated rings. The van der Waals surface area contributed by atoms with E-state index < -0.39 is 0 Å². The van der Waals surface area contributed by atoms with E-state index in [0.29, 0.717) is 12.2 Å².